The lowest BCUT2D eigenvalue weighted by atomic mass is 9.84. The lowest BCUT2D eigenvalue weighted by Gasteiger charge is -2.32. The molecule has 1 aliphatic carbocycles. The summed E-state index contributed by atoms with van der Waals surface area (Å²) < 4.78 is 0. The van der Waals surface area contributed by atoms with Gasteiger partial charge in [0.25, 0.3) is 5.91 Å². The van der Waals surface area contributed by atoms with E-state index in [4.69, 9.17) is 5.73 Å². The summed E-state index contributed by atoms with van der Waals surface area (Å²) in [7, 11) is 0. The summed E-state index contributed by atoms with van der Waals surface area (Å²) in [6, 6.07) is 2.19. The van der Waals surface area contributed by atoms with E-state index < -0.39 is 5.91 Å². The lowest BCUT2D eigenvalue weighted by Crippen LogP contribution is -2.35. The Bertz CT molecular complexity index is 533. The second-order valence-corrected chi connectivity index (χ2v) is 6.48. The highest BCUT2D eigenvalue weighted by molar-refractivity contribution is 5.98. The van der Waals surface area contributed by atoms with Crippen molar-refractivity contribution < 1.29 is 9.90 Å². The molecule has 22 heavy (non-hydrogen) atoms. The fourth-order valence-corrected chi connectivity index (χ4v) is 2.79. The van der Waals surface area contributed by atoms with Gasteiger partial charge in [0.1, 0.15) is 5.82 Å². The van der Waals surface area contributed by atoms with E-state index in [1.807, 2.05) is 19.9 Å². The molecule has 0 saturated heterocycles. The number of anilines is 2. The molecule has 122 valence electrons. The molecule has 6 nitrogen and oxygen atoms in total. The molecule has 0 bridgehead atoms. The number of nitrogens with two attached hydrogens (primary N) is 1. The number of aliphatic hydroxyl groups excluding tert-OH is 1. The van der Waals surface area contributed by atoms with E-state index in [1.165, 1.54) is 6.20 Å². The van der Waals surface area contributed by atoms with Crippen LogP contribution in [0.25, 0.3) is 0 Å². The number of aromatic nitrogens is 1. The summed E-state index contributed by atoms with van der Waals surface area (Å²) in [4.78, 5) is 15.8. The van der Waals surface area contributed by atoms with Crippen molar-refractivity contribution >= 4 is 17.4 Å². The highest BCUT2D eigenvalue weighted by atomic mass is 16.3. The predicted octanol–water partition coefficient (Wildman–Crippen LogP) is 1.96. The second-order valence-electron chi connectivity index (χ2n) is 6.48. The number of hydrogen-bond acceptors (Lipinski definition) is 5. The normalized spacial score (nSPS) is 25.0. The lowest BCUT2D eigenvalue weighted by molar-refractivity contribution is 0.0740. The highest BCUT2D eigenvalue weighted by Crippen LogP contribution is 2.28. The van der Waals surface area contributed by atoms with Gasteiger partial charge in [0.05, 0.1) is 17.4 Å². The van der Waals surface area contributed by atoms with Gasteiger partial charge in [-0.25, -0.2) is 4.98 Å². The smallest absolute Gasteiger partial charge is 0.252 e. The first kappa shape index (κ1) is 16.5. The number of nitrogens with zero attached hydrogens (tertiary/aromatic N) is 1. The van der Waals surface area contributed by atoms with Gasteiger partial charge in [-0.1, -0.05) is 6.92 Å². The molecule has 1 aliphatic rings. The molecule has 1 amide bonds. The molecular formula is C16H26N4O2. The van der Waals surface area contributed by atoms with Crippen LogP contribution < -0.4 is 16.4 Å². The van der Waals surface area contributed by atoms with Crippen molar-refractivity contribution in [2.24, 2.45) is 11.7 Å². The predicted molar refractivity (Wildman–Crippen MR) is 87.9 cm³/mol. The Morgan fingerprint density at radius 2 is 2.18 bits per heavy atom. The fourth-order valence-electron chi connectivity index (χ4n) is 2.79. The first-order valence-corrected chi connectivity index (χ1v) is 7.87. The zero-order valence-corrected chi connectivity index (χ0v) is 13.5. The van der Waals surface area contributed by atoms with E-state index in [-0.39, 0.29) is 18.2 Å². The molecule has 0 aromatic carbocycles. The van der Waals surface area contributed by atoms with E-state index in [2.05, 4.69) is 22.5 Å². The number of pyridine rings is 1. The first-order chi connectivity index (χ1) is 10.4. The van der Waals surface area contributed by atoms with Gasteiger partial charge in [0.15, 0.2) is 0 Å². The minimum absolute atomic E-state index is 0.138. The van der Waals surface area contributed by atoms with Crippen LogP contribution in [-0.2, 0) is 0 Å². The van der Waals surface area contributed by atoms with Crippen molar-refractivity contribution in [3.63, 3.8) is 0 Å². The minimum Gasteiger partial charge on any atom is -0.393 e. The molecule has 0 radical (unpaired) electrons. The van der Waals surface area contributed by atoms with Crippen LogP contribution in [0.1, 0.15) is 50.4 Å². The third-order valence-corrected chi connectivity index (χ3v) is 4.12. The van der Waals surface area contributed by atoms with Crippen molar-refractivity contribution in [1.82, 2.24) is 4.98 Å². The standard InChI is InChI=1S/C16H26N4O2/c1-9(2)19-15-7-13(12(8-18-15)16(17)22)20-11-5-4-10(3)14(21)6-11/h7-11,14,21H,4-6H2,1-3H3,(H2,17,22)(H2,18,19,20)/t10-,11-,14-/m1/s1. The van der Waals surface area contributed by atoms with Crippen molar-refractivity contribution in [1.29, 1.82) is 0 Å². The maximum atomic E-state index is 11.6. The van der Waals surface area contributed by atoms with Gasteiger partial charge in [-0.2, -0.15) is 0 Å². The van der Waals surface area contributed by atoms with Crippen molar-refractivity contribution in [3.8, 4) is 0 Å². The highest BCUT2D eigenvalue weighted by Gasteiger charge is 2.26. The number of aliphatic hydroxyl groups is 1. The van der Waals surface area contributed by atoms with Crippen molar-refractivity contribution in [2.75, 3.05) is 10.6 Å². The Morgan fingerprint density at radius 3 is 2.77 bits per heavy atom. The van der Waals surface area contributed by atoms with E-state index in [1.54, 1.807) is 0 Å². The summed E-state index contributed by atoms with van der Waals surface area (Å²) in [6.07, 6.45) is 3.79. The Balaban J connectivity index is 2.18. The van der Waals surface area contributed by atoms with E-state index >= 15 is 0 Å². The van der Waals surface area contributed by atoms with Crippen LogP contribution in [0.4, 0.5) is 11.5 Å². The van der Waals surface area contributed by atoms with Crippen LogP contribution in [0.3, 0.4) is 0 Å². The molecule has 1 aromatic rings. The van der Waals surface area contributed by atoms with E-state index in [9.17, 15) is 9.90 Å². The number of rotatable bonds is 5. The van der Waals surface area contributed by atoms with Crippen molar-refractivity contribution in [2.45, 2.75) is 58.2 Å². The molecule has 1 fully saturated rings. The van der Waals surface area contributed by atoms with E-state index in [0.29, 0.717) is 29.4 Å². The monoisotopic (exact) mass is 306 g/mol. The molecular weight excluding hydrogens is 280 g/mol. The number of primary amides is 1. The summed E-state index contributed by atoms with van der Waals surface area (Å²) >= 11 is 0. The largest absolute Gasteiger partial charge is 0.393 e. The summed E-state index contributed by atoms with van der Waals surface area (Å²) in [5.41, 5.74) is 6.49. The quantitative estimate of drug-likeness (QED) is 0.666. The summed E-state index contributed by atoms with van der Waals surface area (Å²) in [6.45, 7) is 6.11. The van der Waals surface area contributed by atoms with Crippen LogP contribution in [0.5, 0.6) is 0 Å². The van der Waals surface area contributed by atoms with Crippen LogP contribution in [0.15, 0.2) is 12.3 Å². The molecule has 0 spiro atoms. The van der Waals surface area contributed by atoms with Crippen LogP contribution in [0.2, 0.25) is 0 Å². The number of nitrogens with one attached hydrogen (secondary N) is 2. The minimum atomic E-state index is -0.504. The molecule has 6 heteroatoms. The van der Waals surface area contributed by atoms with Gasteiger partial charge in [0, 0.05) is 24.3 Å². The van der Waals surface area contributed by atoms with Gasteiger partial charge in [-0.05, 0) is 39.0 Å². The van der Waals surface area contributed by atoms with Gasteiger partial charge < -0.3 is 21.5 Å². The average Bonchev–Trinajstić information content (AvgIpc) is 2.42. The third kappa shape index (κ3) is 4.10. The molecule has 5 N–H and O–H groups in total. The van der Waals surface area contributed by atoms with E-state index in [0.717, 1.165) is 12.8 Å². The summed E-state index contributed by atoms with van der Waals surface area (Å²) in [5, 5.41) is 16.6. The van der Waals surface area contributed by atoms with Gasteiger partial charge in [-0.3, -0.25) is 4.79 Å². The molecule has 1 heterocycles. The molecule has 3 atom stereocenters. The third-order valence-electron chi connectivity index (χ3n) is 4.12. The molecule has 0 unspecified atom stereocenters. The van der Waals surface area contributed by atoms with Gasteiger partial charge >= 0.3 is 0 Å². The van der Waals surface area contributed by atoms with Crippen molar-refractivity contribution in [3.05, 3.63) is 17.8 Å². The Hall–Kier alpha value is -1.82. The molecule has 1 aromatic heterocycles. The zero-order valence-electron chi connectivity index (χ0n) is 13.5. The molecule has 1 saturated carbocycles. The van der Waals surface area contributed by atoms with Gasteiger partial charge in [0.2, 0.25) is 0 Å². The van der Waals surface area contributed by atoms with Crippen LogP contribution in [-0.4, -0.2) is 34.2 Å². The van der Waals surface area contributed by atoms with Crippen LogP contribution >= 0.6 is 0 Å². The first-order valence-electron chi connectivity index (χ1n) is 7.87. The second kappa shape index (κ2) is 6.96. The number of hydrogen-bond donors (Lipinski definition) is 4. The van der Waals surface area contributed by atoms with Gasteiger partial charge in [-0.15, -0.1) is 0 Å². The maximum absolute atomic E-state index is 11.6. The Morgan fingerprint density at radius 1 is 1.45 bits per heavy atom. The Kier molecular flexibility index (Phi) is 5.24. The molecule has 2 rings (SSSR count). The fraction of sp³-hybridized carbons (Fsp3) is 0.625. The average molecular weight is 306 g/mol. The number of carbonyl (C=O) groups excluding carboxylic acids is 1. The SMILES string of the molecule is CC(C)Nc1cc(N[C@@H]2CC[C@@H](C)[C@H](O)C2)c(C(N)=O)cn1. The maximum Gasteiger partial charge on any atom is 0.252 e. The zero-order chi connectivity index (χ0) is 16.3. The number of amides is 1. The molecule has 0 aliphatic heterocycles. The number of carbonyl (C=O) groups is 1. The van der Waals surface area contributed by atoms with Crippen LogP contribution in [0, 0.1) is 5.92 Å². The summed E-state index contributed by atoms with van der Waals surface area (Å²) in [5.74, 6) is 0.521. The topological polar surface area (TPSA) is 100 Å². The Labute approximate surface area is 131 Å².